The lowest BCUT2D eigenvalue weighted by molar-refractivity contribution is 0.0954. The summed E-state index contributed by atoms with van der Waals surface area (Å²) < 4.78 is 25.9. The van der Waals surface area contributed by atoms with E-state index in [1.54, 1.807) is 48.5 Å². The van der Waals surface area contributed by atoms with Crippen molar-refractivity contribution in [3.63, 3.8) is 0 Å². The van der Waals surface area contributed by atoms with Crippen molar-refractivity contribution in [2.45, 2.75) is 32.2 Å². The molecular formula is C20H22ClN3O3S. The van der Waals surface area contributed by atoms with Gasteiger partial charge in [-0.15, -0.1) is 0 Å². The molecule has 0 unspecified atom stereocenters. The highest BCUT2D eigenvalue weighted by atomic mass is 35.5. The molecule has 148 valence electrons. The maximum atomic E-state index is 12.3. The van der Waals surface area contributed by atoms with Gasteiger partial charge in [-0.2, -0.15) is 5.10 Å². The molecule has 6 nitrogen and oxygen atoms in total. The molecule has 1 aliphatic carbocycles. The fraction of sp³-hybridized carbons (Fsp3) is 0.300. The molecule has 28 heavy (non-hydrogen) atoms. The second kappa shape index (κ2) is 8.75. The molecule has 0 bridgehead atoms. The Balaban J connectivity index is 1.77. The minimum absolute atomic E-state index is 0.109. The number of halogens is 1. The first kappa shape index (κ1) is 20.4. The van der Waals surface area contributed by atoms with E-state index in [-0.39, 0.29) is 12.5 Å². The number of rotatable bonds is 6. The summed E-state index contributed by atoms with van der Waals surface area (Å²) in [6.07, 6.45) is 5.20. The highest BCUT2D eigenvalue weighted by Gasteiger charge is 2.19. The van der Waals surface area contributed by atoms with Gasteiger partial charge >= 0.3 is 0 Å². The van der Waals surface area contributed by atoms with Crippen LogP contribution in [-0.4, -0.2) is 26.3 Å². The van der Waals surface area contributed by atoms with Crippen molar-refractivity contribution in [3.8, 4) is 0 Å². The van der Waals surface area contributed by atoms with E-state index in [2.05, 4.69) is 10.5 Å². The number of nitrogens with zero attached hydrogens (tertiary/aromatic N) is 2. The molecule has 1 aliphatic rings. The lowest BCUT2D eigenvalue weighted by Gasteiger charge is -2.23. The number of nitrogens with one attached hydrogen (secondary N) is 1. The van der Waals surface area contributed by atoms with Gasteiger partial charge in [0.05, 0.1) is 18.5 Å². The number of hydrogen-bond acceptors (Lipinski definition) is 4. The molecule has 0 atom stereocenters. The van der Waals surface area contributed by atoms with Crippen LogP contribution in [-0.2, 0) is 16.6 Å². The number of hydrogen-bond donors (Lipinski definition) is 1. The maximum Gasteiger partial charge on any atom is 0.271 e. The number of carbonyl (C=O) groups is 1. The van der Waals surface area contributed by atoms with Crippen LogP contribution < -0.4 is 9.73 Å². The summed E-state index contributed by atoms with van der Waals surface area (Å²) in [6.45, 7) is 0.109. The molecule has 0 aromatic heterocycles. The molecule has 1 N–H and O–H groups in total. The molecule has 0 aliphatic heterocycles. The zero-order chi connectivity index (χ0) is 20.1. The molecule has 0 heterocycles. The van der Waals surface area contributed by atoms with Crippen LogP contribution in [0.2, 0.25) is 5.02 Å². The van der Waals surface area contributed by atoms with E-state index in [4.69, 9.17) is 11.6 Å². The predicted octanol–water partition coefficient (Wildman–Crippen LogP) is 3.97. The lowest BCUT2D eigenvalue weighted by atomic mass is 10.2. The summed E-state index contributed by atoms with van der Waals surface area (Å²) in [5.74, 6) is -0.317. The second-order valence-corrected chi connectivity index (χ2v) is 9.05. The van der Waals surface area contributed by atoms with Crippen LogP contribution in [0.25, 0.3) is 0 Å². The van der Waals surface area contributed by atoms with Crippen LogP contribution in [0.3, 0.4) is 0 Å². The Morgan fingerprint density at radius 1 is 1.11 bits per heavy atom. The van der Waals surface area contributed by atoms with Crippen molar-refractivity contribution in [1.29, 1.82) is 0 Å². The Bertz CT molecular complexity index is 980. The molecule has 0 spiro atoms. The molecule has 8 heteroatoms. The van der Waals surface area contributed by atoms with Crippen molar-refractivity contribution >= 4 is 38.9 Å². The van der Waals surface area contributed by atoms with Crippen LogP contribution in [0.1, 0.15) is 41.6 Å². The first-order chi connectivity index (χ1) is 13.3. The Kier molecular flexibility index (Phi) is 6.36. The zero-order valence-electron chi connectivity index (χ0n) is 15.6. The third kappa shape index (κ3) is 5.11. The summed E-state index contributed by atoms with van der Waals surface area (Å²) in [6, 6.07) is 13.5. The lowest BCUT2D eigenvalue weighted by Crippen LogP contribution is -2.29. The molecule has 2 aromatic rings. The minimum Gasteiger partial charge on any atom is -0.267 e. The average Bonchev–Trinajstić information content (AvgIpc) is 3.18. The molecule has 1 amide bonds. The number of anilines is 1. The van der Waals surface area contributed by atoms with E-state index in [0.717, 1.165) is 37.7 Å². The van der Waals surface area contributed by atoms with Gasteiger partial charge in [0.2, 0.25) is 10.0 Å². The Hall–Kier alpha value is -2.38. The SMILES string of the molecule is CS(=O)(=O)N(Cc1ccccc1Cl)c1ccc(C(=O)NN=C2CCCC2)cc1. The van der Waals surface area contributed by atoms with Crippen LogP contribution in [0.15, 0.2) is 53.6 Å². The van der Waals surface area contributed by atoms with Gasteiger partial charge in [-0.3, -0.25) is 9.10 Å². The van der Waals surface area contributed by atoms with Gasteiger partial charge in [0.1, 0.15) is 0 Å². The summed E-state index contributed by atoms with van der Waals surface area (Å²) in [4.78, 5) is 12.2. The Labute approximate surface area is 170 Å². The average molecular weight is 420 g/mol. The number of carbonyl (C=O) groups excluding carboxylic acids is 1. The topological polar surface area (TPSA) is 78.8 Å². The van der Waals surface area contributed by atoms with Gasteiger partial charge in [-0.25, -0.2) is 13.8 Å². The van der Waals surface area contributed by atoms with Gasteiger partial charge in [0.25, 0.3) is 5.91 Å². The standard InChI is InChI=1S/C20H22ClN3O3S/c1-28(26,27)24(14-16-6-2-5-9-19(16)21)18-12-10-15(11-13-18)20(25)23-22-17-7-3-4-8-17/h2,5-6,9-13H,3-4,7-8,14H2,1H3,(H,23,25). The van der Waals surface area contributed by atoms with E-state index in [0.29, 0.717) is 21.8 Å². The quantitative estimate of drug-likeness (QED) is 0.719. The first-order valence-corrected chi connectivity index (χ1v) is 11.2. The normalized spacial score (nSPS) is 14.0. The second-order valence-electron chi connectivity index (χ2n) is 6.73. The van der Waals surface area contributed by atoms with Crippen molar-refractivity contribution in [1.82, 2.24) is 5.43 Å². The summed E-state index contributed by atoms with van der Waals surface area (Å²) in [5, 5.41) is 4.66. The first-order valence-electron chi connectivity index (χ1n) is 9.01. The summed E-state index contributed by atoms with van der Waals surface area (Å²) in [5.41, 5.74) is 5.15. The van der Waals surface area contributed by atoms with Crippen LogP contribution in [0.5, 0.6) is 0 Å². The molecule has 0 saturated heterocycles. The van der Waals surface area contributed by atoms with E-state index in [1.807, 2.05) is 0 Å². The molecule has 2 aromatic carbocycles. The molecule has 3 rings (SSSR count). The fourth-order valence-electron chi connectivity index (χ4n) is 3.05. The van der Waals surface area contributed by atoms with Gasteiger partial charge < -0.3 is 0 Å². The number of hydrazone groups is 1. The minimum atomic E-state index is -3.54. The number of sulfonamides is 1. The third-order valence-electron chi connectivity index (χ3n) is 4.59. The molecule has 0 radical (unpaired) electrons. The maximum absolute atomic E-state index is 12.3. The van der Waals surface area contributed by atoms with Crippen LogP contribution in [0, 0.1) is 0 Å². The zero-order valence-corrected chi connectivity index (χ0v) is 17.1. The molecule has 1 fully saturated rings. The van der Waals surface area contributed by atoms with Crippen LogP contribution >= 0.6 is 11.6 Å². The fourth-order valence-corrected chi connectivity index (χ4v) is 4.12. The molecule has 1 saturated carbocycles. The van der Waals surface area contributed by atoms with Gasteiger partial charge in [-0.05, 0) is 61.6 Å². The van der Waals surface area contributed by atoms with Crippen molar-refractivity contribution in [2.75, 3.05) is 10.6 Å². The number of benzene rings is 2. The van der Waals surface area contributed by atoms with E-state index >= 15 is 0 Å². The monoisotopic (exact) mass is 419 g/mol. The third-order valence-corrected chi connectivity index (χ3v) is 6.10. The van der Waals surface area contributed by atoms with E-state index in [9.17, 15) is 13.2 Å². The van der Waals surface area contributed by atoms with Crippen molar-refractivity contribution in [3.05, 3.63) is 64.7 Å². The van der Waals surface area contributed by atoms with Gasteiger partial charge in [0, 0.05) is 16.3 Å². The van der Waals surface area contributed by atoms with Crippen LogP contribution in [0.4, 0.5) is 5.69 Å². The summed E-state index contributed by atoms with van der Waals surface area (Å²) in [7, 11) is -3.54. The van der Waals surface area contributed by atoms with E-state index < -0.39 is 10.0 Å². The Morgan fingerprint density at radius 3 is 2.36 bits per heavy atom. The van der Waals surface area contributed by atoms with Crippen molar-refractivity contribution < 1.29 is 13.2 Å². The van der Waals surface area contributed by atoms with Gasteiger partial charge in [0.15, 0.2) is 0 Å². The Morgan fingerprint density at radius 2 is 1.75 bits per heavy atom. The highest BCUT2D eigenvalue weighted by molar-refractivity contribution is 7.92. The summed E-state index contributed by atoms with van der Waals surface area (Å²) >= 11 is 6.17. The largest absolute Gasteiger partial charge is 0.271 e. The van der Waals surface area contributed by atoms with E-state index in [1.165, 1.54) is 4.31 Å². The highest BCUT2D eigenvalue weighted by Crippen LogP contribution is 2.24. The molecular weight excluding hydrogens is 398 g/mol. The predicted molar refractivity (Wildman–Crippen MR) is 112 cm³/mol. The van der Waals surface area contributed by atoms with Gasteiger partial charge in [-0.1, -0.05) is 29.8 Å². The smallest absolute Gasteiger partial charge is 0.267 e. The number of amides is 1. The van der Waals surface area contributed by atoms with Crippen molar-refractivity contribution in [2.24, 2.45) is 5.10 Å².